The Morgan fingerprint density at radius 1 is 0.656 bits per heavy atom. The van der Waals surface area contributed by atoms with E-state index < -0.39 is 9.85 Å². The minimum Gasteiger partial charge on any atom is -0.326 e. The van der Waals surface area contributed by atoms with Crippen molar-refractivity contribution in [3.63, 3.8) is 0 Å². The zero-order chi connectivity index (χ0) is 23.3. The summed E-state index contributed by atoms with van der Waals surface area (Å²) in [6.07, 6.45) is 5.75. The van der Waals surface area contributed by atoms with Crippen LogP contribution in [0.4, 0.5) is 22.7 Å². The lowest BCUT2D eigenvalue weighted by Gasteiger charge is -2.06. The number of non-ortho nitro benzene ring substituents is 2. The summed E-state index contributed by atoms with van der Waals surface area (Å²) < 4.78 is 0. The number of benzene rings is 2. The molecule has 0 spiro atoms. The van der Waals surface area contributed by atoms with Gasteiger partial charge in [-0.05, 0) is 25.0 Å². The number of unbranched alkanes of at least 4 members (excludes halogenated alkanes) is 5. The second-order valence-corrected chi connectivity index (χ2v) is 7.33. The van der Waals surface area contributed by atoms with E-state index in [1.54, 1.807) is 12.1 Å². The highest BCUT2D eigenvalue weighted by molar-refractivity contribution is 5.91. The molecule has 0 atom stereocenters. The van der Waals surface area contributed by atoms with Crippen LogP contribution in [0.1, 0.15) is 51.4 Å². The molecule has 0 saturated heterocycles. The van der Waals surface area contributed by atoms with Gasteiger partial charge in [0.1, 0.15) is 0 Å². The number of nitrogens with zero attached hydrogens (tertiary/aromatic N) is 2. The maximum Gasteiger partial charge on any atom is 0.271 e. The van der Waals surface area contributed by atoms with Crippen LogP contribution in [-0.2, 0) is 9.59 Å². The molecule has 0 aliphatic carbocycles. The molecule has 10 nitrogen and oxygen atoms in total. The van der Waals surface area contributed by atoms with Crippen molar-refractivity contribution < 1.29 is 19.4 Å². The molecule has 0 aliphatic rings. The number of rotatable bonds is 13. The fourth-order valence-electron chi connectivity index (χ4n) is 3.12. The molecule has 0 heterocycles. The maximum absolute atomic E-state index is 11.9. The van der Waals surface area contributed by atoms with Crippen molar-refractivity contribution in [1.29, 1.82) is 0 Å². The van der Waals surface area contributed by atoms with Gasteiger partial charge in [-0.15, -0.1) is 0 Å². The van der Waals surface area contributed by atoms with Crippen molar-refractivity contribution in [2.75, 3.05) is 10.6 Å². The molecule has 32 heavy (non-hydrogen) atoms. The summed E-state index contributed by atoms with van der Waals surface area (Å²) in [5.74, 6) is -0.355. The zero-order valence-electron chi connectivity index (χ0n) is 17.6. The van der Waals surface area contributed by atoms with Gasteiger partial charge in [0.25, 0.3) is 11.4 Å². The van der Waals surface area contributed by atoms with Gasteiger partial charge in [0.05, 0.1) is 9.85 Å². The fraction of sp³-hybridized carbons (Fsp3) is 0.364. The minimum atomic E-state index is -0.507. The van der Waals surface area contributed by atoms with Crippen LogP contribution in [-0.4, -0.2) is 21.7 Å². The van der Waals surface area contributed by atoms with Gasteiger partial charge in [-0.2, -0.15) is 0 Å². The highest BCUT2D eigenvalue weighted by Gasteiger charge is 2.09. The van der Waals surface area contributed by atoms with E-state index in [0.29, 0.717) is 37.1 Å². The third-order valence-electron chi connectivity index (χ3n) is 4.74. The molecule has 2 aromatic rings. The average Bonchev–Trinajstić information content (AvgIpc) is 2.75. The topological polar surface area (TPSA) is 144 Å². The smallest absolute Gasteiger partial charge is 0.271 e. The largest absolute Gasteiger partial charge is 0.326 e. The van der Waals surface area contributed by atoms with E-state index in [9.17, 15) is 29.8 Å². The molecule has 2 rings (SSSR count). The van der Waals surface area contributed by atoms with E-state index in [0.717, 1.165) is 25.7 Å². The number of carbonyl (C=O) groups excluding carboxylic acids is 2. The highest BCUT2D eigenvalue weighted by atomic mass is 16.6. The van der Waals surface area contributed by atoms with Crippen LogP contribution < -0.4 is 10.6 Å². The van der Waals surface area contributed by atoms with Gasteiger partial charge in [0, 0.05) is 48.5 Å². The van der Waals surface area contributed by atoms with Crippen LogP contribution in [0.3, 0.4) is 0 Å². The summed E-state index contributed by atoms with van der Waals surface area (Å²) in [5, 5.41) is 26.9. The molecule has 2 amide bonds. The minimum absolute atomic E-state index is 0.0680. The average molecular weight is 442 g/mol. The third kappa shape index (κ3) is 8.90. The van der Waals surface area contributed by atoms with E-state index in [1.807, 2.05) is 0 Å². The second-order valence-electron chi connectivity index (χ2n) is 7.33. The molecule has 0 fully saturated rings. The molecule has 2 N–H and O–H groups in total. The van der Waals surface area contributed by atoms with Gasteiger partial charge in [-0.25, -0.2) is 0 Å². The van der Waals surface area contributed by atoms with Crippen molar-refractivity contribution in [3.8, 4) is 0 Å². The first-order valence-corrected chi connectivity index (χ1v) is 10.4. The van der Waals surface area contributed by atoms with Gasteiger partial charge in [-0.1, -0.05) is 37.8 Å². The van der Waals surface area contributed by atoms with Crippen LogP contribution >= 0.6 is 0 Å². The van der Waals surface area contributed by atoms with Crippen LogP contribution in [0, 0.1) is 20.2 Å². The summed E-state index contributed by atoms with van der Waals surface area (Å²) in [7, 11) is 0. The highest BCUT2D eigenvalue weighted by Crippen LogP contribution is 2.19. The Morgan fingerprint density at radius 2 is 1.03 bits per heavy atom. The number of carbonyl (C=O) groups is 2. The van der Waals surface area contributed by atoms with Gasteiger partial charge < -0.3 is 10.6 Å². The molecule has 170 valence electrons. The summed E-state index contributed by atoms with van der Waals surface area (Å²) in [6, 6.07) is 11.7. The third-order valence-corrected chi connectivity index (χ3v) is 4.74. The number of nitro groups is 2. The Balaban J connectivity index is 1.53. The lowest BCUT2D eigenvalue weighted by molar-refractivity contribution is -0.385. The van der Waals surface area contributed by atoms with Crippen molar-refractivity contribution in [2.24, 2.45) is 0 Å². The molecule has 0 aromatic heterocycles. The Kier molecular flexibility index (Phi) is 9.76. The number of nitrogens with one attached hydrogen (secondary N) is 2. The Hall–Kier alpha value is -3.82. The van der Waals surface area contributed by atoms with Crippen LogP contribution in [0.15, 0.2) is 48.5 Å². The van der Waals surface area contributed by atoms with Crippen molar-refractivity contribution in [1.82, 2.24) is 0 Å². The van der Waals surface area contributed by atoms with E-state index in [4.69, 9.17) is 0 Å². The number of hydrogen-bond donors (Lipinski definition) is 2. The van der Waals surface area contributed by atoms with Gasteiger partial charge in [0.2, 0.25) is 11.8 Å². The fourth-order valence-corrected chi connectivity index (χ4v) is 3.12. The summed E-state index contributed by atoms with van der Waals surface area (Å²) in [4.78, 5) is 44.4. The molecular weight excluding hydrogens is 416 g/mol. The van der Waals surface area contributed by atoms with Crippen molar-refractivity contribution in [2.45, 2.75) is 51.4 Å². The van der Waals surface area contributed by atoms with E-state index >= 15 is 0 Å². The SMILES string of the molecule is O=C(CCCCCCCCC(=O)Nc1cccc([N+](=O)[O-])c1)Nc1cccc([N+](=O)[O-])c1. The summed E-state index contributed by atoms with van der Waals surface area (Å²) >= 11 is 0. The van der Waals surface area contributed by atoms with Crippen LogP contribution in [0.25, 0.3) is 0 Å². The number of anilines is 2. The second kappa shape index (κ2) is 12.8. The molecule has 0 bridgehead atoms. The maximum atomic E-state index is 11.9. The monoisotopic (exact) mass is 442 g/mol. The normalized spacial score (nSPS) is 10.4. The Bertz CT molecular complexity index is 885. The van der Waals surface area contributed by atoms with Crippen molar-refractivity contribution >= 4 is 34.6 Å². The Morgan fingerprint density at radius 3 is 1.41 bits per heavy atom. The predicted molar refractivity (Wildman–Crippen MR) is 120 cm³/mol. The van der Waals surface area contributed by atoms with Crippen LogP contribution in [0.5, 0.6) is 0 Å². The molecule has 0 radical (unpaired) electrons. The number of nitro benzene ring substituents is 2. The Labute approximate surface area is 185 Å². The quantitative estimate of drug-likeness (QED) is 0.248. The summed E-state index contributed by atoms with van der Waals surface area (Å²) in [5.41, 5.74) is 0.684. The van der Waals surface area contributed by atoms with E-state index in [2.05, 4.69) is 10.6 Å². The standard InChI is InChI=1S/C22H26N4O6/c27-21(23-17-9-7-11-19(15-17)25(29)30)13-5-3-1-2-4-6-14-22(28)24-18-10-8-12-20(16-18)26(31)32/h7-12,15-16H,1-6,13-14H2,(H,23,27)(H,24,28). The molecule has 0 unspecified atom stereocenters. The predicted octanol–water partition coefficient (Wildman–Crippen LogP) is 5.20. The van der Waals surface area contributed by atoms with Gasteiger partial charge in [-0.3, -0.25) is 29.8 Å². The zero-order valence-corrected chi connectivity index (χ0v) is 17.6. The lowest BCUT2D eigenvalue weighted by atomic mass is 10.1. The molecular formula is C22H26N4O6. The van der Waals surface area contributed by atoms with Gasteiger partial charge >= 0.3 is 0 Å². The number of hydrogen-bond acceptors (Lipinski definition) is 6. The molecule has 2 aromatic carbocycles. The first kappa shape index (κ1) is 24.4. The molecule has 10 heteroatoms. The molecule has 0 saturated carbocycles. The first-order chi connectivity index (χ1) is 15.3. The van der Waals surface area contributed by atoms with E-state index in [1.165, 1.54) is 36.4 Å². The van der Waals surface area contributed by atoms with E-state index in [-0.39, 0.29) is 23.2 Å². The summed E-state index contributed by atoms with van der Waals surface area (Å²) in [6.45, 7) is 0. The number of amides is 2. The first-order valence-electron chi connectivity index (χ1n) is 10.4. The van der Waals surface area contributed by atoms with Crippen LogP contribution in [0.2, 0.25) is 0 Å². The lowest BCUT2D eigenvalue weighted by Crippen LogP contribution is -2.11. The molecule has 0 aliphatic heterocycles. The van der Waals surface area contributed by atoms with Crippen molar-refractivity contribution in [3.05, 3.63) is 68.8 Å². The van der Waals surface area contributed by atoms with Gasteiger partial charge in [0.15, 0.2) is 0 Å².